The highest BCUT2D eigenvalue weighted by atomic mass is 19.3. The first-order valence-corrected chi connectivity index (χ1v) is 11.8. The first-order valence-electron chi connectivity index (χ1n) is 11.8. The molecule has 0 atom stereocenters. The van der Waals surface area contributed by atoms with Crippen molar-refractivity contribution in [3.8, 4) is 17.3 Å². The maximum absolute atomic E-state index is 13.4. The van der Waals surface area contributed by atoms with Gasteiger partial charge in [0.2, 0.25) is 5.88 Å². The Morgan fingerprint density at radius 3 is 2.61 bits per heavy atom. The number of alkyl halides is 2. The number of H-pyrrole nitrogens is 1. The largest absolute Gasteiger partial charge is 0.480 e. The van der Waals surface area contributed by atoms with E-state index in [9.17, 15) is 13.6 Å². The molecule has 3 aromatic heterocycles. The van der Waals surface area contributed by atoms with Crippen LogP contribution in [0.15, 0.2) is 59.8 Å². The molecule has 1 aliphatic heterocycles. The second kappa shape index (κ2) is 9.98. The molecule has 36 heavy (non-hydrogen) atoms. The minimum absolute atomic E-state index is 0.0731. The van der Waals surface area contributed by atoms with E-state index in [-0.39, 0.29) is 18.4 Å². The summed E-state index contributed by atoms with van der Waals surface area (Å²) in [5.41, 5.74) is 2.68. The summed E-state index contributed by atoms with van der Waals surface area (Å²) in [7, 11) is 1.52. The van der Waals surface area contributed by atoms with Gasteiger partial charge in [0, 0.05) is 44.4 Å². The van der Waals surface area contributed by atoms with Gasteiger partial charge in [-0.1, -0.05) is 12.1 Å². The zero-order chi connectivity index (χ0) is 25.1. The number of halogens is 2. The van der Waals surface area contributed by atoms with Crippen LogP contribution in [0.25, 0.3) is 22.2 Å². The Morgan fingerprint density at radius 2 is 1.86 bits per heavy atom. The van der Waals surface area contributed by atoms with Gasteiger partial charge in [-0.05, 0) is 41.6 Å². The van der Waals surface area contributed by atoms with E-state index in [1.165, 1.54) is 13.3 Å². The molecule has 1 saturated heterocycles. The van der Waals surface area contributed by atoms with Crippen molar-refractivity contribution in [2.45, 2.75) is 25.2 Å². The minimum atomic E-state index is -2.53. The van der Waals surface area contributed by atoms with Gasteiger partial charge in [-0.15, -0.1) is 0 Å². The monoisotopic (exact) mass is 492 g/mol. The Kier molecular flexibility index (Phi) is 6.60. The average molecular weight is 493 g/mol. The SMILES string of the molecule is COc1cncc(-c2cc3cc[nH]c(=O)c3c(Nc3ccc(CCN4CCC(F)(F)CC4)cc3)n2)n1. The number of benzene rings is 1. The number of likely N-dealkylation sites (tertiary alicyclic amines) is 1. The van der Waals surface area contributed by atoms with Crippen molar-refractivity contribution in [3.05, 3.63) is 70.9 Å². The van der Waals surface area contributed by atoms with E-state index in [2.05, 4.69) is 30.2 Å². The number of nitrogens with one attached hydrogen (secondary N) is 2. The van der Waals surface area contributed by atoms with E-state index in [0.717, 1.165) is 24.2 Å². The molecular formula is C26H26F2N6O2. The van der Waals surface area contributed by atoms with E-state index < -0.39 is 5.92 Å². The van der Waals surface area contributed by atoms with Crippen LogP contribution in [0.1, 0.15) is 18.4 Å². The molecule has 10 heteroatoms. The Balaban J connectivity index is 1.36. The fourth-order valence-corrected chi connectivity index (χ4v) is 4.29. The van der Waals surface area contributed by atoms with Crippen molar-refractivity contribution in [1.82, 2.24) is 24.8 Å². The summed E-state index contributed by atoms with van der Waals surface area (Å²) in [6, 6.07) is 11.4. The van der Waals surface area contributed by atoms with Crippen LogP contribution in [-0.4, -0.2) is 57.5 Å². The third-order valence-electron chi connectivity index (χ3n) is 6.36. The van der Waals surface area contributed by atoms with Gasteiger partial charge in [0.25, 0.3) is 11.5 Å². The van der Waals surface area contributed by atoms with Crippen LogP contribution < -0.4 is 15.6 Å². The van der Waals surface area contributed by atoms with E-state index in [0.29, 0.717) is 46.9 Å². The summed E-state index contributed by atoms with van der Waals surface area (Å²) in [4.78, 5) is 30.7. The van der Waals surface area contributed by atoms with Crippen molar-refractivity contribution in [2.75, 3.05) is 32.1 Å². The lowest BCUT2D eigenvalue weighted by molar-refractivity contribution is -0.0548. The second-order valence-corrected chi connectivity index (χ2v) is 8.84. The number of aromatic amines is 1. The number of rotatable bonds is 7. The third-order valence-corrected chi connectivity index (χ3v) is 6.36. The molecule has 0 aliphatic carbocycles. The smallest absolute Gasteiger partial charge is 0.259 e. The van der Waals surface area contributed by atoms with Crippen LogP contribution >= 0.6 is 0 Å². The van der Waals surface area contributed by atoms with Gasteiger partial charge >= 0.3 is 0 Å². The summed E-state index contributed by atoms with van der Waals surface area (Å²) >= 11 is 0. The fraction of sp³-hybridized carbons (Fsp3) is 0.308. The predicted octanol–water partition coefficient (Wildman–Crippen LogP) is 4.41. The molecule has 0 spiro atoms. The summed E-state index contributed by atoms with van der Waals surface area (Å²) in [6.07, 6.45) is 5.32. The third kappa shape index (κ3) is 5.33. The molecule has 1 aliphatic rings. The zero-order valence-corrected chi connectivity index (χ0v) is 19.8. The summed E-state index contributed by atoms with van der Waals surface area (Å²) in [6.45, 7) is 1.59. The van der Waals surface area contributed by atoms with E-state index >= 15 is 0 Å². The number of pyridine rings is 2. The Bertz CT molecular complexity index is 1410. The van der Waals surface area contributed by atoms with Gasteiger partial charge in [0.15, 0.2) is 0 Å². The molecule has 1 fully saturated rings. The summed E-state index contributed by atoms with van der Waals surface area (Å²) in [5.74, 6) is -1.76. The van der Waals surface area contributed by atoms with E-state index in [4.69, 9.17) is 4.74 Å². The second-order valence-electron chi connectivity index (χ2n) is 8.84. The maximum atomic E-state index is 13.4. The molecule has 4 heterocycles. The fourth-order valence-electron chi connectivity index (χ4n) is 4.29. The molecule has 0 bridgehead atoms. The van der Waals surface area contributed by atoms with Gasteiger partial charge in [0.1, 0.15) is 11.5 Å². The molecular weight excluding hydrogens is 466 g/mol. The number of anilines is 2. The average Bonchev–Trinajstić information content (AvgIpc) is 2.89. The zero-order valence-electron chi connectivity index (χ0n) is 19.8. The standard InChI is InChI=1S/C26H26F2N6O2/c1-36-22-16-29-15-21(32-22)20-14-18-6-10-30-25(35)23(18)24(33-20)31-19-4-2-17(3-5-19)7-11-34-12-8-26(27,28)9-13-34/h2-6,10,14-16H,7-9,11-13H2,1H3,(H,30,35)(H,31,33). The quantitative estimate of drug-likeness (QED) is 0.395. The molecule has 5 rings (SSSR count). The van der Waals surface area contributed by atoms with Crippen LogP contribution in [0.3, 0.4) is 0 Å². The summed E-state index contributed by atoms with van der Waals surface area (Å²) in [5, 5.41) is 4.41. The number of hydrogen-bond donors (Lipinski definition) is 2. The Labute approximate surface area is 206 Å². The maximum Gasteiger partial charge on any atom is 0.259 e. The summed E-state index contributed by atoms with van der Waals surface area (Å²) < 4.78 is 31.9. The minimum Gasteiger partial charge on any atom is -0.480 e. The highest BCUT2D eigenvalue weighted by Crippen LogP contribution is 2.29. The van der Waals surface area contributed by atoms with Gasteiger partial charge in [0.05, 0.1) is 30.6 Å². The lowest BCUT2D eigenvalue weighted by Crippen LogP contribution is -2.40. The number of aromatic nitrogens is 4. The van der Waals surface area contributed by atoms with Crippen molar-refractivity contribution in [2.24, 2.45) is 0 Å². The van der Waals surface area contributed by atoms with Crippen molar-refractivity contribution in [3.63, 3.8) is 0 Å². The van der Waals surface area contributed by atoms with Crippen LogP contribution in [-0.2, 0) is 6.42 Å². The van der Waals surface area contributed by atoms with Crippen LogP contribution in [0.2, 0.25) is 0 Å². The topological polar surface area (TPSA) is 96.0 Å². The molecule has 0 saturated carbocycles. The normalized spacial score (nSPS) is 15.6. The number of nitrogens with zero attached hydrogens (tertiary/aromatic N) is 4. The Morgan fingerprint density at radius 1 is 1.08 bits per heavy atom. The highest BCUT2D eigenvalue weighted by Gasteiger charge is 2.33. The number of methoxy groups -OCH3 is 1. The molecule has 4 aromatic rings. The van der Waals surface area contributed by atoms with Crippen molar-refractivity contribution in [1.29, 1.82) is 0 Å². The first-order chi connectivity index (χ1) is 17.4. The van der Waals surface area contributed by atoms with Crippen LogP contribution in [0.4, 0.5) is 20.3 Å². The van der Waals surface area contributed by atoms with Gasteiger partial charge in [-0.3, -0.25) is 9.78 Å². The number of fused-ring (bicyclic) bond motifs is 1. The molecule has 0 amide bonds. The van der Waals surface area contributed by atoms with Crippen molar-refractivity contribution < 1.29 is 13.5 Å². The molecule has 186 valence electrons. The predicted molar refractivity (Wildman–Crippen MR) is 134 cm³/mol. The number of piperidine rings is 1. The van der Waals surface area contributed by atoms with Crippen LogP contribution in [0.5, 0.6) is 5.88 Å². The van der Waals surface area contributed by atoms with Crippen LogP contribution in [0, 0.1) is 0 Å². The molecule has 0 unspecified atom stereocenters. The number of ether oxygens (including phenoxy) is 1. The van der Waals surface area contributed by atoms with Gasteiger partial charge in [-0.2, -0.15) is 0 Å². The lowest BCUT2D eigenvalue weighted by atomic mass is 10.1. The number of hydrogen-bond acceptors (Lipinski definition) is 7. The molecule has 8 nitrogen and oxygen atoms in total. The molecule has 0 radical (unpaired) electrons. The Hall–Kier alpha value is -3.92. The van der Waals surface area contributed by atoms with E-state index in [1.54, 1.807) is 24.5 Å². The van der Waals surface area contributed by atoms with E-state index in [1.807, 2.05) is 24.3 Å². The lowest BCUT2D eigenvalue weighted by Gasteiger charge is -2.31. The first kappa shape index (κ1) is 23.8. The molecule has 1 aromatic carbocycles. The van der Waals surface area contributed by atoms with Crippen molar-refractivity contribution >= 4 is 22.3 Å². The molecule has 2 N–H and O–H groups in total. The van der Waals surface area contributed by atoms with Gasteiger partial charge in [-0.25, -0.2) is 18.7 Å². The van der Waals surface area contributed by atoms with Gasteiger partial charge < -0.3 is 19.9 Å². The highest BCUT2D eigenvalue weighted by molar-refractivity contribution is 5.94.